The third kappa shape index (κ3) is 3.57. The molecule has 110 valence electrons. The van der Waals surface area contributed by atoms with E-state index >= 15 is 0 Å². The highest BCUT2D eigenvalue weighted by Crippen LogP contribution is 2.08. The zero-order valence-corrected chi connectivity index (χ0v) is 12.5. The first-order valence-electron chi connectivity index (χ1n) is 6.21. The number of rotatable bonds is 3. The molecular weight excluding hydrogens is 290 g/mol. The van der Waals surface area contributed by atoms with Crippen molar-refractivity contribution in [3.63, 3.8) is 0 Å². The van der Waals surface area contributed by atoms with Gasteiger partial charge in [0.1, 0.15) is 17.3 Å². The number of benzene rings is 1. The Hall–Kier alpha value is -2.41. The van der Waals surface area contributed by atoms with E-state index in [9.17, 15) is 13.2 Å². The van der Waals surface area contributed by atoms with Gasteiger partial charge in [-0.3, -0.25) is 0 Å². The maximum Gasteiger partial charge on any atom is 0.511 e. The highest BCUT2D eigenvalue weighted by molar-refractivity contribution is 7.90. The minimum absolute atomic E-state index is 0.0452. The third-order valence-electron chi connectivity index (χ3n) is 2.84. The van der Waals surface area contributed by atoms with Gasteiger partial charge in [0.15, 0.2) is 0 Å². The maximum absolute atomic E-state index is 12.0. The molecule has 0 aliphatic rings. The van der Waals surface area contributed by atoms with Gasteiger partial charge in [0.2, 0.25) is 0 Å². The summed E-state index contributed by atoms with van der Waals surface area (Å²) >= 11 is 0. The van der Waals surface area contributed by atoms with Crippen LogP contribution in [-0.2, 0) is 10.0 Å². The van der Waals surface area contributed by atoms with Gasteiger partial charge in [0.25, 0.3) is 0 Å². The second kappa shape index (κ2) is 5.92. The van der Waals surface area contributed by atoms with E-state index in [-0.39, 0.29) is 4.90 Å². The summed E-state index contributed by atoms with van der Waals surface area (Å²) in [5, 5.41) is 0. The molecule has 0 saturated carbocycles. The van der Waals surface area contributed by atoms with Crippen LogP contribution in [0.5, 0.6) is 0 Å². The lowest BCUT2D eigenvalue weighted by Crippen LogP contribution is -2.51. The molecule has 0 aliphatic heterocycles. The molecule has 2 rings (SSSR count). The van der Waals surface area contributed by atoms with E-state index in [1.54, 1.807) is 30.3 Å². The average Bonchev–Trinajstić information content (AvgIpc) is 2.48. The summed E-state index contributed by atoms with van der Waals surface area (Å²) in [5.74, 6) is 0. The highest BCUT2D eigenvalue weighted by Gasteiger charge is 2.25. The number of hydrogen-bond donors (Lipinski definition) is 1. The van der Waals surface area contributed by atoms with Crippen molar-refractivity contribution in [1.82, 2.24) is 4.72 Å². The summed E-state index contributed by atoms with van der Waals surface area (Å²) in [6.07, 6.45) is 3.01. The molecule has 1 amide bonds. The number of anilines is 1. The van der Waals surface area contributed by atoms with E-state index in [1.807, 2.05) is 23.7 Å². The fraction of sp³-hybridized carbons (Fsp3) is 0.143. The number of aromatic nitrogens is 1. The van der Waals surface area contributed by atoms with Crippen molar-refractivity contribution in [2.45, 2.75) is 4.90 Å². The van der Waals surface area contributed by atoms with E-state index in [1.165, 1.54) is 29.1 Å². The Morgan fingerprint density at radius 3 is 2.14 bits per heavy atom. The lowest BCUT2D eigenvalue weighted by atomic mass is 10.4. The minimum Gasteiger partial charge on any atom is -0.377 e. The van der Waals surface area contributed by atoms with Gasteiger partial charge in [-0.15, -0.1) is 4.72 Å². The Morgan fingerprint density at radius 2 is 1.62 bits per heavy atom. The summed E-state index contributed by atoms with van der Waals surface area (Å²) < 4.78 is 27.3. The third-order valence-corrected chi connectivity index (χ3v) is 4.17. The highest BCUT2D eigenvalue weighted by atomic mass is 32.2. The molecule has 1 aromatic carbocycles. The zero-order valence-electron chi connectivity index (χ0n) is 11.7. The number of pyridine rings is 1. The molecular formula is C14H16N3O3S+. The number of amides is 1. The van der Waals surface area contributed by atoms with Gasteiger partial charge >= 0.3 is 16.1 Å². The quantitative estimate of drug-likeness (QED) is 0.859. The van der Waals surface area contributed by atoms with Crippen LogP contribution in [0.2, 0.25) is 0 Å². The van der Waals surface area contributed by atoms with Gasteiger partial charge in [-0.1, -0.05) is 18.2 Å². The van der Waals surface area contributed by atoms with E-state index in [0.29, 0.717) is 0 Å². The van der Waals surface area contributed by atoms with Crippen LogP contribution >= 0.6 is 0 Å². The normalized spacial score (nSPS) is 11.0. The van der Waals surface area contributed by atoms with E-state index in [0.717, 1.165) is 5.69 Å². The van der Waals surface area contributed by atoms with Gasteiger partial charge in [0.05, 0.1) is 0 Å². The molecule has 2 aromatic rings. The Labute approximate surface area is 123 Å². The van der Waals surface area contributed by atoms with Gasteiger partial charge in [-0.05, 0) is 12.1 Å². The fourth-order valence-corrected chi connectivity index (χ4v) is 2.65. The van der Waals surface area contributed by atoms with E-state index < -0.39 is 16.1 Å². The molecule has 0 unspecified atom stereocenters. The first-order valence-corrected chi connectivity index (χ1v) is 7.69. The van der Waals surface area contributed by atoms with E-state index in [2.05, 4.69) is 0 Å². The Kier molecular flexibility index (Phi) is 4.23. The topological polar surface area (TPSA) is 70.4 Å². The first kappa shape index (κ1) is 15.0. The van der Waals surface area contributed by atoms with Crippen molar-refractivity contribution in [3.05, 3.63) is 54.9 Å². The zero-order chi connectivity index (χ0) is 15.5. The van der Waals surface area contributed by atoms with Crippen LogP contribution in [-0.4, -0.2) is 28.5 Å². The molecule has 0 spiro atoms. The summed E-state index contributed by atoms with van der Waals surface area (Å²) in [7, 11) is -0.116. The molecule has 1 aromatic heterocycles. The largest absolute Gasteiger partial charge is 0.511 e. The number of sulfonamides is 1. The van der Waals surface area contributed by atoms with Gasteiger partial charge in [-0.25, -0.2) is 0 Å². The van der Waals surface area contributed by atoms with Crippen LogP contribution in [0, 0.1) is 0 Å². The molecule has 1 heterocycles. The maximum atomic E-state index is 12.0. The molecule has 0 saturated heterocycles. The van der Waals surface area contributed by atoms with Crippen LogP contribution in [0.1, 0.15) is 0 Å². The molecule has 0 bridgehead atoms. The van der Waals surface area contributed by atoms with Gasteiger partial charge in [0, 0.05) is 31.9 Å². The lowest BCUT2D eigenvalue weighted by Gasteiger charge is -2.11. The molecule has 0 aliphatic carbocycles. The molecule has 21 heavy (non-hydrogen) atoms. The standard InChI is InChI=1S/C14H15N3O3S/c1-16(2)12-8-10-17(11-9-12)14(18)15-21(19,20)13-6-4-3-5-7-13/h3-11H,1-2H3/p+1. The first-order chi connectivity index (χ1) is 9.90. The predicted molar refractivity (Wildman–Crippen MR) is 78.5 cm³/mol. The predicted octanol–water partition coefficient (Wildman–Crippen LogP) is 0.987. The number of nitrogens with one attached hydrogen (secondary N) is 1. The molecule has 0 fully saturated rings. The van der Waals surface area contributed by atoms with Crippen LogP contribution < -0.4 is 14.2 Å². The Morgan fingerprint density at radius 1 is 1.05 bits per heavy atom. The van der Waals surface area contributed by atoms with Crippen molar-refractivity contribution in [3.8, 4) is 0 Å². The minimum atomic E-state index is -3.86. The van der Waals surface area contributed by atoms with Crippen molar-refractivity contribution in [1.29, 1.82) is 0 Å². The van der Waals surface area contributed by atoms with Crippen molar-refractivity contribution in [2.24, 2.45) is 0 Å². The van der Waals surface area contributed by atoms with Crippen LogP contribution in [0.4, 0.5) is 10.5 Å². The molecule has 6 nitrogen and oxygen atoms in total. The average molecular weight is 306 g/mol. The SMILES string of the molecule is CN(C)c1cc[n+](C(=O)NS(=O)(=O)c2ccccc2)cc1. The summed E-state index contributed by atoms with van der Waals surface area (Å²) in [5.41, 5.74) is 0.907. The molecule has 7 heteroatoms. The van der Waals surface area contributed by atoms with Crippen LogP contribution in [0.15, 0.2) is 59.8 Å². The smallest absolute Gasteiger partial charge is 0.377 e. The lowest BCUT2D eigenvalue weighted by molar-refractivity contribution is -0.570. The Balaban J connectivity index is 2.18. The number of carbonyl (C=O) groups is 1. The van der Waals surface area contributed by atoms with Crippen molar-refractivity contribution >= 4 is 21.7 Å². The summed E-state index contributed by atoms with van der Waals surface area (Å²) in [6.45, 7) is 0. The fourth-order valence-electron chi connectivity index (χ4n) is 1.68. The van der Waals surface area contributed by atoms with Crippen molar-refractivity contribution < 1.29 is 17.8 Å². The van der Waals surface area contributed by atoms with E-state index in [4.69, 9.17) is 0 Å². The van der Waals surface area contributed by atoms with Gasteiger partial charge in [-0.2, -0.15) is 17.8 Å². The molecule has 1 N–H and O–H groups in total. The number of nitrogens with zero attached hydrogens (tertiary/aromatic N) is 2. The number of hydrogen-bond acceptors (Lipinski definition) is 4. The monoisotopic (exact) mass is 306 g/mol. The van der Waals surface area contributed by atoms with Gasteiger partial charge < -0.3 is 4.90 Å². The molecule has 0 atom stereocenters. The van der Waals surface area contributed by atoms with Crippen molar-refractivity contribution in [2.75, 3.05) is 19.0 Å². The Bertz CT molecular complexity index is 726. The summed E-state index contributed by atoms with van der Waals surface area (Å²) in [4.78, 5) is 13.9. The van der Waals surface area contributed by atoms with Crippen LogP contribution in [0.3, 0.4) is 0 Å². The van der Waals surface area contributed by atoms with Crippen LogP contribution in [0.25, 0.3) is 0 Å². The summed E-state index contributed by atoms with van der Waals surface area (Å²) in [6, 6.07) is 10.4. The molecule has 0 radical (unpaired) electrons. The second-order valence-corrected chi connectivity index (χ2v) is 6.26. The second-order valence-electron chi connectivity index (χ2n) is 4.58. The number of carbonyl (C=O) groups excluding carboxylic acids is 1.